The van der Waals surface area contributed by atoms with Crippen LogP contribution in [0.15, 0.2) is 41.3 Å². The van der Waals surface area contributed by atoms with Crippen molar-refractivity contribution in [3.05, 3.63) is 57.9 Å². The van der Waals surface area contributed by atoms with Crippen LogP contribution in [-0.2, 0) is 9.84 Å². The van der Waals surface area contributed by atoms with Crippen molar-refractivity contribution < 1.29 is 22.5 Å². The Kier molecular flexibility index (Phi) is 4.14. The lowest BCUT2D eigenvalue weighted by Gasteiger charge is -2.09. The molecule has 2 aromatic carbocycles. The summed E-state index contributed by atoms with van der Waals surface area (Å²) in [5.74, 6) is -0.757. The minimum absolute atomic E-state index is 0.0388. The fourth-order valence-electron chi connectivity index (χ4n) is 1.83. The Labute approximate surface area is 126 Å². The molecule has 0 radical (unpaired) electrons. The predicted octanol–water partition coefficient (Wildman–Crippen LogP) is 3.24. The van der Waals surface area contributed by atoms with Crippen LogP contribution in [0.3, 0.4) is 0 Å². The number of nitrogens with zero attached hydrogens (tertiary/aromatic N) is 1. The van der Waals surface area contributed by atoms with Gasteiger partial charge in [-0.15, -0.1) is 0 Å². The quantitative estimate of drug-likeness (QED) is 0.636. The van der Waals surface area contributed by atoms with Crippen LogP contribution in [0.4, 0.5) is 10.1 Å². The van der Waals surface area contributed by atoms with Crippen LogP contribution in [0.1, 0.15) is 5.56 Å². The van der Waals surface area contributed by atoms with Gasteiger partial charge in [0.25, 0.3) is 0 Å². The molecule has 0 unspecified atom stereocenters. The number of halogens is 1. The van der Waals surface area contributed by atoms with Gasteiger partial charge in [0.1, 0.15) is 16.5 Å². The Balaban J connectivity index is 2.56. The van der Waals surface area contributed by atoms with Crippen molar-refractivity contribution in [2.75, 3.05) is 6.26 Å². The molecule has 0 fully saturated rings. The van der Waals surface area contributed by atoms with Crippen molar-refractivity contribution in [2.24, 2.45) is 0 Å². The number of nitro benzene ring substituents is 1. The van der Waals surface area contributed by atoms with Crippen molar-refractivity contribution in [1.29, 1.82) is 0 Å². The molecule has 0 heterocycles. The Morgan fingerprint density at radius 1 is 1.23 bits per heavy atom. The van der Waals surface area contributed by atoms with Gasteiger partial charge in [0.05, 0.1) is 4.92 Å². The number of nitro groups is 1. The van der Waals surface area contributed by atoms with Crippen LogP contribution >= 0.6 is 0 Å². The molecule has 6 nitrogen and oxygen atoms in total. The first-order chi connectivity index (χ1) is 10.2. The molecule has 0 bridgehead atoms. The van der Waals surface area contributed by atoms with Gasteiger partial charge in [-0.1, -0.05) is 12.1 Å². The van der Waals surface area contributed by atoms with E-state index in [0.29, 0.717) is 5.56 Å². The highest BCUT2D eigenvalue weighted by molar-refractivity contribution is 7.90. The molecule has 2 rings (SSSR count). The maximum absolute atomic E-state index is 13.5. The number of rotatable bonds is 4. The fraction of sp³-hybridized carbons (Fsp3) is 0.143. The number of hydrogen-bond acceptors (Lipinski definition) is 5. The highest BCUT2D eigenvalue weighted by Crippen LogP contribution is 2.36. The summed E-state index contributed by atoms with van der Waals surface area (Å²) < 4.78 is 42.1. The second-order valence-corrected chi connectivity index (χ2v) is 6.63. The first-order valence-corrected chi connectivity index (χ1v) is 8.01. The lowest BCUT2D eigenvalue weighted by Crippen LogP contribution is -2.04. The smallest absolute Gasteiger partial charge is 0.330 e. The monoisotopic (exact) mass is 325 g/mol. The van der Waals surface area contributed by atoms with Gasteiger partial charge in [-0.3, -0.25) is 10.1 Å². The average Bonchev–Trinajstić information content (AvgIpc) is 2.41. The van der Waals surface area contributed by atoms with Crippen molar-refractivity contribution in [3.63, 3.8) is 0 Å². The van der Waals surface area contributed by atoms with Crippen LogP contribution in [0.2, 0.25) is 0 Å². The average molecular weight is 325 g/mol. The maximum atomic E-state index is 13.5. The van der Waals surface area contributed by atoms with Gasteiger partial charge >= 0.3 is 5.69 Å². The Morgan fingerprint density at radius 2 is 1.91 bits per heavy atom. The van der Waals surface area contributed by atoms with Crippen molar-refractivity contribution in [3.8, 4) is 11.5 Å². The van der Waals surface area contributed by atoms with E-state index >= 15 is 0 Å². The van der Waals surface area contributed by atoms with E-state index in [9.17, 15) is 22.9 Å². The van der Waals surface area contributed by atoms with E-state index in [1.165, 1.54) is 24.3 Å². The van der Waals surface area contributed by atoms with Crippen molar-refractivity contribution in [2.45, 2.75) is 11.8 Å². The summed E-state index contributed by atoms with van der Waals surface area (Å²) in [4.78, 5) is 9.89. The number of sulfone groups is 1. The first kappa shape index (κ1) is 15.9. The molecule has 8 heteroatoms. The predicted molar refractivity (Wildman–Crippen MR) is 77.4 cm³/mol. The summed E-state index contributed by atoms with van der Waals surface area (Å²) in [7, 11) is -3.80. The SMILES string of the molecule is Cc1ccc(Oc2cccc(S(C)(=O)=O)c2[N+](=O)[O-])cc1F. The van der Waals surface area contributed by atoms with Gasteiger partial charge in [-0.2, -0.15) is 0 Å². The Morgan fingerprint density at radius 3 is 2.45 bits per heavy atom. The summed E-state index contributed by atoms with van der Waals surface area (Å²) in [6, 6.07) is 7.67. The molecule has 0 aliphatic rings. The molecule has 0 aliphatic carbocycles. The third-order valence-electron chi connectivity index (χ3n) is 2.92. The van der Waals surface area contributed by atoms with E-state index in [1.807, 2.05) is 0 Å². The number of benzene rings is 2. The zero-order valence-electron chi connectivity index (χ0n) is 11.7. The molecular formula is C14H12FNO5S. The number of ether oxygens (including phenoxy) is 1. The number of hydrogen-bond donors (Lipinski definition) is 0. The minimum Gasteiger partial charge on any atom is -0.450 e. The Hall–Kier alpha value is -2.48. The highest BCUT2D eigenvalue weighted by atomic mass is 32.2. The van der Waals surface area contributed by atoms with Crippen molar-refractivity contribution in [1.82, 2.24) is 0 Å². The molecule has 0 N–H and O–H groups in total. The Bertz CT molecular complexity index is 848. The second-order valence-electron chi connectivity index (χ2n) is 4.65. The normalized spacial score (nSPS) is 11.2. The fourth-order valence-corrected chi connectivity index (χ4v) is 2.68. The van der Waals surface area contributed by atoms with Gasteiger partial charge in [0.2, 0.25) is 5.75 Å². The van der Waals surface area contributed by atoms with E-state index in [-0.39, 0.29) is 11.5 Å². The molecule has 0 aliphatic heterocycles. The zero-order valence-corrected chi connectivity index (χ0v) is 12.6. The van der Waals surface area contributed by atoms with E-state index in [0.717, 1.165) is 18.4 Å². The molecule has 0 spiro atoms. The van der Waals surface area contributed by atoms with E-state index in [4.69, 9.17) is 4.74 Å². The van der Waals surface area contributed by atoms with Gasteiger partial charge < -0.3 is 4.74 Å². The minimum atomic E-state index is -3.80. The van der Waals surface area contributed by atoms with E-state index in [2.05, 4.69) is 0 Å². The standard InChI is InChI=1S/C14H12FNO5S/c1-9-6-7-10(8-11(9)15)21-12-4-3-5-13(22(2,19)20)14(12)16(17)18/h3-8H,1-2H3. The second kappa shape index (κ2) is 5.72. The van der Waals surface area contributed by atoms with Gasteiger partial charge in [-0.05, 0) is 30.7 Å². The number of para-hydroxylation sites is 1. The molecule has 0 saturated heterocycles. The molecule has 0 saturated carbocycles. The molecule has 2 aromatic rings. The van der Waals surface area contributed by atoms with Gasteiger partial charge in [0.15, 0.2) is 9.84 Å². The highest BCUT2D eigenvalue weighted by Gasteiger charge is 2.27. The molecule has 116 valence electrons. The van der Waals surface area contributed by atoms with E-state index in [1.54, 1.807) is 6.92 Å². The molecule has 0 atom stereocenters. The van der Waals surface area contributed by atoms with Crippen LogP contribution in [0.25, 0.3) is 0 Å². The topological polar surface area (TPSA) is 86.5 Å². The summed E-state index contributed by atoms with van der Waals surface area (Å²) in [6.45, 7) is 1.56. The number of aryl methyl sites for hydroxylation is 1. The summed E-state index contributed by atoms with van der Waals surface area (Å²) in [5, 5.41) is 11.2. The van der Waals surface area contributed by atoms with Crippen LogP contribution in [-0.4, -0.2) is 19.6 Å². The molecular weight excluding hydrogens is 313 g/mol. The van der Waals surface area contributed by atoms with Crippen LogP contribution < -0.4 is 4.74 Å². The lowest BCUT2D eigenvalue weighted by atomic mass is 10.2. The summed E-state index contributed by atoms with van der Waals surface area (Å²) in [6.07, 6.45) is 0.866. The summed E-state index contributed by atoms with van der Waals surface area (Å²) in [5.41, 5.74) is -0.280. The van der Waals surface area contributed by atoms with E-state index < -0.39 is 31.2 Å². The maximum Gasteiger partial charge on any atom is 0.330 e. The van der Waals surface area contributed by atoms with Crippen molar-refractivity contribution >= 4 is 15.5 Å². The van der Waals surface area contributed by atoms with Gasteiger partial charge in [0, 0.05) is 12.3 Å². The van der Waals surface area contributed by atoms with Crippen LogP contribution in [0.5, 0.6) is 11.5 Å². The third kappa shape index (κ3) is 3.22. The zero-order chi connectivity index (χ0) is 16.5. The molecule has 22 heavy (non-hydrogen) atoms. The lowest BCUT2D eigenvalue weighted by molar-refractivity contribution is -0.388. The van der Waals surface area contributed by atoms with Gasteiger partial charge in [-0.25, -0.2) is 12.8 Å². The first-order valence-electron chi connectivity index (χ1n) is 6.11. The third-order valence-corrected chi connectivity index (χ3v) is 4.04. The largest absolute Gasteiger partial charge is 0.450 e. The molecule has 0 aromatic heterocycles. The van der Waals surface area contributed by atoms with Crippen LogP contribution in [0, 0.1) is 22.9 Å². The summed E-state index contributed by atoms with van der Waals surface area (Å²) >= 11 is 0. The molecule has 0 amide bonds.